The van der Waals surface area contributed by atoms with Crippen LogP contribution in [0.1, 0.15) is 44.5 Å². The maximum atomic E-state index is 6.92. The summed E-state index contributed by atoms with van der Waals surface area (Å²) in [7, 11) is 0. The van der Waals surface area contributed by atoms with E-state index in [2.05, 4.69) is 65.8 Å². The van der Waals surface area contributed by atoms with E-state index in [9.17, 15) is 0 Å². The Morgan fingerprint density at radius 1 is 0.682 bits per heavy atom. The van der Waals surface area contributed by atoms with Gasteiger partial charge in [-0.05, 0) is 74.9 Å². The van der Waals surface area contributed by atoms with Crippen molar-refractivity contribution in [1.82, 2.24) is 0 Å². The van der Waals surface area contributed by atoms with Gasteiger partial charge in [-0.15, -0.1) is 0 Å². The molecule has 0 amide bonds. The molecule has 118 valence electrons. The molecule has 0 aliphatic rings. The third-order valence-corrected chi connectivity index (χ3v) is 4.57. The molecule has 2 heteroatoms. The maximum absolute atomic E-state index is 6.92. The molecule has 2 aromatic carbocycles. The fourth-order valence-electron chi connectivity index (χ4n) is 4.10. The van der Waals surface area contributed by atoms with Gasteiger partial charge in [-0.1, -0.05) is 35.4 Å². The van der Waals surface area contributed by atoms with E-state index in [0.717, 1.165) is 11.1 Å². The van der Waals surface area contributed by atoms with Crippen LogP contribution in [-0.2, 0) is 5.54 Å². The van der Waals surface area contributed by atoms with Gasteiger partial charge >= 0.3 is 0 Å². The standard InChI is InChI=1S/C20H28N2/c1-12-7-14(3)18(15(4)8-12)20(22,11-21)19-16(5)9-13(2)10-17(19)6/h7-10H,11,21-22H2,1-6H3. The Balaban J connectivity index is 2.80. The van der Waals surface area contributed by atoms with Gasteiger partial charge in [-0.25, -0.2) is 0 Å². The molecule has 0 heterocycles. The monoisotopic (exact) mass is 296 g/mol. The molecule has 0 unspecified atom stereocenters. The summed E-state index contributed by atoms with van der Waals surface area (Å²) in [5.74, 6) is 0. The summed E-state index contributed by atoms with van der Waals surface area (Å²) < 4.78 is 0. The lowest BCUT2D eigenvalue weighted by Crippen LogP contribution is -2.47. The molecule has 0 aromatic heterocycles. The van der Waals surface area contributed by atoms with Crippen LogP contribution in [0, 0.1) is 41.5 Å². The Kier molecular flexibility index (Phi) is 4.46. The number of hydrogen-bond donors (Lipinski definition) is 2. The SMILES string of the molecule is Cc1cc(C)c(C(N)(CN)c2c(C)cc(C)cc2C)c(C)c1. The van der Waals surface area contributed by atoms with E-state index in [4.69, 9.17) is 11.5 Å². The average molecular weight is 296 g/mol. The van der Waals surface area contributed by atoms with E-state index < -0.39 is 5.54 Å². The molecule has 2 nitrogen and oxygen atoms in total. The molecule has 2 aromatic rings. The van der Waals surface area contributed by atoms with Crippen molar-refractivity contribution in [2.75, 3.05) is 6.54 Å². The number of aryl methyl sites for hydroxylation is 6. The van der Waals surface area contributed by atoms with Crippen LogP contribution in [0.15, 0.2) is 24.3 Å². The first-order valence-corrected chi connectivity index (χ1v) is 7.86. The van der Waals surface area contributed by atoms with Gasteiger partial charge in [0.15, 0.2) is 0 Å². The smallest absolute Gasteiger partial charge is 0.0800 e. The fourth-order valence-corrected chi connectivity index (χ4v) is 4.10. The van der Waals surface area contributed by atoms with Gasteiger partial charge in [0.2, 0.25) is 0 Å². The summed E-state index contributed by atoms with van der Waals surface area (Å²) in [6.45, 7) is 13.1. The molecule has 0 bridgehead atoms. The topological polar surface area (TPSA) is 52.0 Å². The van der Waals surface area contributed by atoms with Gasteiger partial charge in [0.05, 0.1) is 5.54 Å². The van der Waals surface area contributed by atoms with Crippen molar-refractivity contribution in [2.24, 2.45) is 11.5 Å². The Hall–Kier alpha value is -1.64. The predicted octanol–water partition coefficient (Wildman–Crippen LogP) is 3.70. The molecule has 0 saturated carbocycles. The molecule has 0 fully saturated rings. The summed E-state index contributed by atoms with van der Waals surface area (Å²) in [6.07, 6.45) is 0. The summed E-state index contributed by atoms with van der Waals surface area (Å²) in [6, 6.07) is 8.77. The quantitative estimate of drug-likeness (QED) is 0.907. The minimum atomic E-state index is -0.649. The number of hydrogen-bond acceptors (Lipinski definition) is 2. The largest absolute Gasteiger partial charge is 0.328 e. The minimum Gasteiger partial charge on any atom is -0.328 e. The average Bonchev–Trinajstić information content (AvgIpc) is 2.35. The van der Waals surface area contributed by atoms with Crippen molar-refractivity contribution in [3.8, 4) is 0 Å². The first-order valence-electron chi connectivity index (χ1n) is 7.86. The summed E-state index contributed by atoms with van der Waals surface area (Å²) >= 11 is 0. The molecule has 0 spiro atoms. The molecule has 0 radical (unpaired) electrons. The molecule has 0 aliphatic heterocycles. The lowest BCUT2D eigenvalue weighted by Gasteiger charge is -2.35. The zero-order valence-electron chi connectivity index (χ0n) is 14.7. The van der Waals surface area contributed by atoms with Gasteiger partial charge < -0.3 is 11.5 Å². The van der Waals surface area contributed by atoms with Crippen molar-refractivity contribution in [3.05, 3.63) is 68.8 Å². The van der Waals surface area contributed by atoms with Crippen LogP contribution in [0.25, 0.3) is 0 Å². The van der Waals surface area contributed by atoms with Crippen LogP contribution in [0.5, 0.6) is 0 Å². The van der Waals surface area contributed by atoms with Crippen LogP contribution in [0.3, 0.4) is 0 Å². The predicted molar refractivity (Wildman–Crippen MR) is 95.3 cm³/mol. The van der Waals surface area contributed by atoms with E-state index in [0.29, 0.717) is 6.54 Å². The van der Waals surface area contributed by atoms with Crippen LogP contribution < -0.4 is 11.5 Å². The normalized spacial score (nSPS) is 11.8. The van der Waals surface area contributed by atoms with E-state index >= 15 is 0 Å². The van der Waals surface area contributed by atoms with Gasteiger partial charge in [-0.3, -0.25) is 0 Å². The van der Waals surface area contributed by atoms with E-state index in [1.54, 1.807) is 0 Å². The molecule has 0 aliphatic carbocycles. The van der Waals surface area contributed by atoms with Crippen molar-refractivity contribution in [2.45, 2.75) is 47.1 Å². The Bertz CT molecular complexity index is 610. The highest BCUT2D eigenvalue weighted by Gasteiger charge is 2.34. The number of benzene rings is 2. The highest BCUT2D eigenvalue weighted by molar-refractivity contribution is 5.53. The summed E-state index contributed by atoms with van der Waals surface area (Å²) in [5, 5.41) is 0. The van der Waals surface area contributed by atoms with Crippen LogP contribution in [-0.4, -0.2) is 6.54 Å². The lowest BCUT2D eigenvalue weighted by molar-refractivity contribution is 0.538. The molecule has 4 N–H and O–H groups in total. The third kappa shape index (κ3) is 2.69. The van der Waals surface area contributed by atoms with Crippen LogP contribution >= 0.6 is 0 Å². The zero-order chi connectivity index (χ0) is 16.7. The van der Waals surface area contributed by atoms with E-state index in [1.165, 1.54) is 33.4 Å². The molecule has 2 rings (SSSR count). The first kappa shape index (κ1) is 16.7. The van der Waals surface area contributed by atoms with Gasteiger partial charge in [0.25, 0.3) is 0 Å². The third-order valence-electron chi connectivity index (χ3n) is 4.57. The van der Waals surface area contributed by atoms with Crippen LogP contribution in [0.2, 0.25) is 0 Å². The van der Waals surface area contributed by atoms with Crippen LogP contribution in [0.4, 0.5) is 0 Å². The molecule has 0 saturated heterocycles. The maximum Gasteiger partial charge on any atom is 0.0800 e. The van der Waals surface area contributed by atoms with Crippen molar-refractivity contribution < 1.29 is 0 Å². The second-order valence-corrected chi connectivity index (χ2v) is 6.72. The van der Waals surface area contributed by atoms with Gasteiger partial charge in [-0.2, -0.15) is 0 Å². The molecule has 22 heavy (non-hydrogen) atoms. The highest BCUT2D eigenvalue weighted by Crippen LogP contribution is 2.36. The number of nitrogens with two attached hydrogens (primary N) is 2. The van der Waals surface area contributed by atoms with Crippen molar-refractivity contribution in [3.63, 3.8) is 0 Å². The van der Waals surface area contributed by atoms with E-state index in [-0.39, 0.29) is 0 Å². The first-order chi connectivity index (χ1) is 10.2. The second kappa shape index (κ2) is 5.86. The fraction of sp³-hybridized carbons (Fsp3) is 0.400. The Morgan fingerprint density at radius 2 is 0.955 bits per heavy atom. The zero-order valence-corrected chi connectivity index (χ0v) is 14.7. The molecule has 0 atom stereocenters. The molecular weight excluding hydrogens is 268 g/mol. The van der Waals surface area contributed by atoms with Crippen molar-refractivity contribution >= 4 is 0 Å². The summed E-state index contributed by atoms with van der Waals surface area (Å²) in [5.41, 5.74) is 22.2. The highest BCUT2D eigenvalue weighted by atomic mass is 14.8. The second-order valence-electron chi connectivity index (χ2n) is 6.72. The number of rotatable bonds is 3. The van der Waals surface area contributed by atoms with Gasteiger partial charge in [0.1, 0.15) is 0 Å². The molecular formula is C20H28N2. The minimum absolute atomic E-state index is 0.391. The van der Waals surface area contributed by atoms with E-state index in [1.807, 2.05) is 0 Å². The van der Waals surface area contributed by atoms with Gasteiger partial charge in [0, 0.05) is 6.54 Å². The Morgan fingerprint density at radius 3 is 1.18 bits per heavy atom. The Labute approximate surface area is 134 Å². The summed E-state index contributed by atoms with van der Waals surface area (Å²) in [4.78, 5) is 0. The van der Waals surface area contributed by atoms with Crippen molar-refractivity contribution in [1.29, 1.82) is 0 Å². The lowest BCUT2D eigenvalue weighted by atomic mass is 9.75.